The monoisotopic (exact) mass is 316 g/mol. The molecule has 0 aliphatic carbocycles. The van der Waals surface area contributed by atoms with Gasteiger partial charge in [-0.1, -0.05) is 22.0 Å². The molecular weight excluding hydrogens is 295 g/mol. The van der Waals surface area contributed by atoms with Crippen molar-refractivity contribution >= 4 is 15.9 Å². The maximum atomic E-state index is 12.9. The Morgan fingerprint density at radius 1 is 1.22 bits per heavy atom. The molecule has 2 N–H and O–H groups in total. The van der Waals surface area contributed by atoms with Gasteiger partial charge in [-0.25, -0.2) is 4.39 Å². The van der Waals surface area contributed by atoms with Crippen molar-refractivity contribution in [2.24, 2.45) is 0 Å². The van der Waals surface area contributed by atoms with E-state index in [1.165, 1.54) is 12.1 Å². The Kier molecular flexibility index (Phi) is 6.26. The highest BCUT2D eigenvalue weighted by Crippen LogP contribution is 2.17. The number of benzene rings is 1. The molecular formula is C14H22BrFN2. The van der Waals surface area contributed by atoms with Crippen LogP contribution in [0.5, 0.6) is 0 Å². The molecule has 0 unspecified atom stereocenters. The molecule has 0 aromatic heterocycles. The van der Waals surface area contributed by atoms with E-state index >= 15 is 0 Å². The predicted molar refractivity (Wildman–Crippen MR) is 78.2 cm³/mol. The SMILES string of the molecule is CC(C)(C)NCCCNCc1ccc(F)cc1Br. The Balaban J connectivity index is 2.18. The van der Waals surface area contributed by atoms with Crippen LogP contribution in [0.4, 0.5) is 4.39 Å². The van der Waals surface area contributed by atoms with Crippen molar-refractivity contribution in [3.63, 3.8) is 0 Å². The molecule has 1 aromatic rings. The van der Waals surface area contributed by atoms with E-state index < -0.39 is 0 Å². The van der Waals surface area contributed by atoms with Crippen molar-refractivity contribution < 1.29 is 4.39 Å². The smallest absolute Gasteiger partial charge is 0.124 e. The van der Waals surface area contributed by atoms with Gasteiger partial charge in [0.1, 0.15) is 5.82 Å². The summed E-state index contributed by atoms with van der Waals surface area (Å²) in [7, 11) is 0. The van der Waals surface area contributed by atoms with Crippen LogP contribution in [0.15, 0.2) is 22.7 Å². The molecule has 0 heterocycles. The van der Waals surface area contributed by atoms with E-state index in [0.29, 0.717) is 0 Å². The topological polar surface area (TPSA) is 24.1 Å². The number of halogens is 2. The van der Waals surface area contributed by atoms with Crippen molar-refractivity contribution in [1.82, 2.24) is 10.6 Å². The predicted octanol–water partition coefficient (Wildman–Crippen LogP) is 3.46. The van der Waals surface area contributed by atoms with Gasteiger partial charge in [-0.15, -0.1) is 0 Å². The lowest BCUT2D eigenvalue weighted by atomic mass is 10.1. The number of hydrogen-bond donors (Lipinski definition) is 2. The van der Waals surface area contributed by atoms with Gasteiger partial charge in [-0.3, -0.25) is 0 Å². The van der Waals surface area contributed by atoms with Crippen molar-refractivity contribution in [3.05, 3.63) is 34.1 Å². The van der Waals surface area contributed by atoms with Gasteiger partial charge in [0.15, 0.2) is 0 Å². The van der Waals surface area contributed by atoms with Crippen LogP contribution in [0.25, 0.3) is 0 Å². The van der Waals surface area contributed by atoms with Gasteiger partial charge in [-0.05, 0) is 58.0 Å². The molecule has 0 amide bonds. The summed E-state index contributed by atoms with van der Waals surface area (Å²) < 4.78 is 13.7. The van der Waals surface area contributed by atoms with Gasteiger partial charge >= 0.3 is 0 Å². The summed E-state index contributed by atoms with van der Waals surface area (Å²) in [5.41, 5.74) is 1.26. The minimum absolute atomic E-state index is 0.181. The van der Waals surface area contributed by atoms with Crippen LogP contribution in [0.1, 0.15) is 32.8 Å². The van der Waals surface area contributed by atoms with Crippen LogP contribution < -0.4 is 10.6 Å². The third-order valence-electron chi connectivity index (χ3n) is 2.52. The molecule has 18 heavy (non-hydrogen) atoms. The lowest BCUT2D eigenvalue weighted by Crippen LogP contribution is -2.37. The molecule has 0 spiro atoms. The number of hydrogen-bond acceptors (Lipinski definition) is 2. The van der Waals surface area contributed by atoms with Gasteiger partial charge in [0.05, 0.1) is 0 Å². The summed E-state index contributed by atoms with van der Waals surface area (Å²) in [5, 5.41) is 6.80. The summed E-state index contributed by atoms with van der Waals surface area (Å²) in [4.78, 5) is 0. The Morgan fingerprint density at radius 2 is 1.94 bits per heavy atom. The molecule has 0 fully saturated rings. The van der Waals surface area contributed by atoms with E-state index in [-0.39, 0.29) is 11.4 Å². The molecule has 102 valence electrons. The van der Waals surface area contributed by atoms with E-state index in [4.69, 9.17) is 0 Å². The van der Waals surface area contributed by atoms with E-state index in [1.54, 1.807) is 6.07 Å². The summed E-state index contributed by atoms with van der Waals surface area (Å²) in [6.45, 7) is 9.20. The summed E-state index contributed by atoms with van der Waals surface area (Å²) >= 11 is 3.36. The summed E-state index contributed by atoms with van der Waals surface area (Å²) in [6.07, 6.45) is 1.08. The molecule has 0 saturated heterocycles. The zero-order chi connectivity index (χ0) is 13.6. The lowest BCUT2D eigenvalue weighted by molar-refractivity contribution is 0.418. The van der Waals surface area contributed by atoms with Gasteiger partial charge in [0, 0.05) is 16.6 Å². The molecule has 0 bridgehead atoms. The first-order valence-corrected chi connectivity index (χ1v) is 7.07. The fourth-order valence-corrected chi connectivity index (χ4v) is 2.06. The number of rotatable bonds is 6. The molecule has 2 nitrogen and oxygen atoms in total. The first kappa shape index (κ1) is 15.6. The quantitative estimate of drug-likeness (QED) is 0.785. The highest BCUT2D eigenvalue weighted by Gasteiger charge is 2.07. The second kappa shape index (κ2) is 7.22. The van der Waals surface area contributed by atoms with Gasteiger partial charge in [0.2, 0.25) is 0 Å². The van der Waals surface area contributed by atoms with E-state index in [1.807, 2.05) is 0 Å². The van der Waals surface area contributed by atoms with Crippen LogP contribution in [-0.2, 0) is 6.54 Å². The molecule has 4 heteroatoms. The Labute approximate surface area is 117 Å². The molecule has 0 radical (unpaired) electrons. The van der Waals surface area contributed by atoms with Crippen LogP contribution in [0.3, 0.4) is 0 Å². The second-order valence-corrected chi connectivity index (χ2v) is 6.30. The molecule has 0 atom stereocenters. The van der Waals surface area contributed by atoms with Crippen LogP contribution in [0.2, 0.25) is 0 Å². The average molecular weight is 317 g/mol. The maximum Gasteiger partial charge on any atom is 0.124 e. The van der Waals surface area contributed by atoms with Crippen molar-refractivity contribution in [1.29, 1.82) is 0 Å². The van der Waals surface area contributed by atoms with Gasteiger partial charge in [-0.2, -0.15) is 0 Å². The molecule has 1 aromatic carbocycles. The van der Waals surface area contributed by atoms with Crippen molar-refractivity contribution in [3.8, 4) is 0 Å². The minimum atomic E-state index is -0.208. The zero-order valence-electron chi connectivity index (χ0n) is 11.3. The minimum Gasteiger partial charge on any atom is -0.313 e. The number of nitrogens with one attached hydrogen (secondary N) is 2. The standard InChI is InChI=1S/C14H22BrFN2/c1-14(2,3)18-8-4-7-17-10-11-5-6-12(16)9-13(11)15/h5-6,9,17-18H,4,7-8,10H2,1-3H3. The highest BCUT2D eigenvalue weighted by molar-refractivity contribution is 9.10. The average Bonchev–Trinajstić information content (AvgIpc) is 2.24. The fourth-order valence-electron chi connectivity index (χ4n) is 1.56. The third-order valence-corrected chi connectivity index (χ3v) is 3.25. The second-order valence-electron chi connectivity index (χ2n) is 5.44. The fraction of sp³-hybridized carbons (Fsp3) is 0.571. The molecule has 0 aliphatic rings. The van der Waals surface area contributed by atoms with E-state index in [0.717, 1.165) is 36.1 Å². The van der Waals surface area contributed by atoms with Crippen LogP contribution in [0, 0.1) is 5.82 Å². The Morgan fingerprint density at radius 3 is 2.56 bits per heavy atom. The molecule has 1 rings (SSSR count). The van der Waals surface area contributed by atoms with Crippen molar-refractivity contribution in [2.45, 2.75) is 39.3 Å². The summed E-state index contributed by atoms with van der Waals surface area (Å²) in [6, 6.07) is 4.79. The Hall–Kier alpha value is -0.450. The first-order chi connectivity index (χ1) is 8.38. The molecule has 0 aliphatic heterocycles. The maximum absolute atomic E-state index is 12.9. The van der Waals surface area contributed by atoms with Crippen molar-refractivity contribution in [2.75, 3.05) is 13.1 Å². The highest BCUT2D eigenvalue weighted by atomic mass is 79.9. The van der Waals surface area contributed by atoms with Crippen LogP contribution >= 0.6 is 15.9 Å². The first-order valence-electron chi connectivity index (χ1n) is 6.28. The Bertz CT molecular complexity index is 375. The lowest BCUT2D eigenvalue weighted by Gasteiger charge is -2.20. The van der Waals surface area contributed by atoms with Gasteiger partial charge in [0.25, 0.3) is 0 Å². The third kappa shape index (κ3) is 6.47. The zero-order valence-corrected chi connectivity index (χ0v) is 12.9. The van der Waals surface area contributed by atoms with E-state index in [2.05, 4.69) is 47.3 Å². The van der Waals surface area contributed by atoms with Gasteiger partial charge < -0.3 is 10.6 Å². The largest absolute Gasteiger partial charge is 0.313 e. The normalized spacial score (nSPS) is 11.8. The molecule has 0 saturated carbocycles. The summed E-state index contributed by atoms with van der Waals surface area (Å²) in [5.74, 6) is -0.208. The van der Waals surface area contributed by atoms with E-state index in [9.17, 15) is 4.39 Å². The van der Waals surface area contributed by atoms with Crippen LogP contribution in [-0.4, -0.2) is 18.6 Å².